The van der Waals surface area contributed by atoms with Crippen LogP contribution in [0.25, 0.3) is 21.5 Å². The van der Waals surface area contributed by atoms with Crippen molar-refractivity contribution in [1.29, 1.82) is 5.41 Å². The van der Waals surface area contributed by atoms with Gasteiger partial charge in [-0.25, -0.2) is 0 Å². The highest BCUT2D eigenvalue weighted by atomic mass is 35.5. The zero-order chi connectivity index (χ0) is 20.5. The van der Waals surface area contributed by atoms with Crippen LogP contribution in [0.1, 0.15) is 27.8 Å². The molecule has 0 heterocycles. The number of benzene rings is 5. The van der Waals surface area contributed by atoms with Gasteiger partial charge in [-0.15, -0.1) is 12.4 Å². The van der Waals surface area contributed by atoms with E-state index in [4.69, 9.17) is 5.41 Å². The largest absolute Gasteiger partial charge is 0.300 e. The van der Waals surface area contributed by atoms with Gasteiger partial charge >= 0.3 is 0 Å². The first-order chi connectivity index (χ1) is 14.7. The van der Waals surface area contributed by atoms with Crippen molar-refractivity contribution in [3.8, 4) is 0 Å². The summed E-state index contributed by atoms with van der Waals surface area (Å²) in [5.41, 5.74) is 6.29. The number of halogens is 1. The van der Waals surface area contributed by atoms with E-state index in [2.05, 4.69) is 104 Å². The van der Waals surface area contributed by atoms with Gasteiger partial charge in [-0.2, -0.15) is 0 Å². The SMILES string of the molecule is Cc1ccc(C(=N)c2ccccc2Cc2cccc3ccccc23)c2ccccc12.Cl. The normalized spacial score (nSPS) is 10.7. The van der Waals surface area contributed by atoms with Crippen LogP contribution >= 0.6 is 12.4 Å². The molecule has 0 radical (unpaired) electrons. The van der Waals surface area contributed by atoms with Crippen molar-refractivity contribution in [1.82, 2.24) is 0 Å². The molecule has 5 rings (SSSR count). The molecule has 0 fully saturated rings. The molecule has 0 bridgehead atoms. The minimum atomic E-state index is 0. The maximum atomic E-state index is 9.09. The van der Waals surface area contributed by atoms with Crippen LogP contribution in [0.5, 0.6) is 0 Å². The highest BCUT2D eigenvalue weighted by Gasteiger charge is 2.14. The lowest BCUT2D eigenvalue weighted by Crippen LogP contribution is -2.07. The van der Waals surface area contributed by atoms with Gasteiger partial charge in [-0.3, -0.25) is 5.41 Å². The zero-order valence-electron chi connectivity index (χ0n) is 17.4. The Labute approximate surface area is 189 Å². The fourth-order valence-electron chi connectivity index (χ4n) is 4.38. The van der Waals surface area contributed by atoms with Crippen molar-refractivity contribution in [2.24, 2.45) is 0 Å². The molecule has 0 amide bonds. The fourth-order valence-corrected chi connectivity index (χ4v) is 4.38. The highest BCUT2D eigenvalue weighted by Crippen LogP contribution is 2.27. The van der Waals surface area contributed by atoms with E-state index in [0.29, 0.717) is 5.71 Å². The third-order valence-electron chi connectivity index (χ3n) is 5.96. The predicted octanol–water partition coefficient (Wildman–Crippen LogP) is 7.73. The number of nitrogens with one attached hydrogen (secondary N) is 1. The Bertz CT molecular complexity index is 1400. The monoisotopic (exact) mass is 421 g/mol. The zero-order valence-corrected chi connectivity index (χ0v) is 18.2. The van der Waals surface area contributed by atoms with Gasteiger partial charge in [0, 0.05) is 11.1 Å². The van der Waals surface area contributed by atoms with Crippen molar-refractivity contribution >= 4 is 39.7 Å². The molecule has 1 nitrogen and oxygen atoms in total. The molecule has 5 aromatic carbocycles. The maximum absolute atomic E-state index is 9.09. The average Bonchev–Trinajstić information content (AvgIpc) is 2.80. The summed E-state index contributed by atoms with van der Waals surface area (Å²) in [4.78, 5) is 0. The van der Waals surface area contributed by atoms with Gasteiger partial charge in [0.25, 0.3) is 0 Å². The average molecular weight is 422 g/mol. The van der Waals surface area contributed by atoms with Gasteiger partial charge < -0.3 is 0 Å². The molecule has 0 aromatic heterocycles. The predicted molar refractivity (Wildman–Crippen MR) is 135 cm³/mol. The van der Waals surface area contributed by atoms with Gasteiger partial charge in [-0.1, -0.05) is 103 Å². The second-order valence-corrected chi connectivity index (χ2v) is 7.82. The summed E-state index contributed by atoms with van der Waals surface area (Å²) in [6.07, 6.45) is 0.809. The lowest BCUT2D eigenvalue weighted by Gasteiger charge is -2.15. The molecule has 0 aliphatic carbocycles. The number of fused-ring (bicyclic) bond motifs is 2. The summed E-state index contributed by atoms with van der Waals surface area (Å²) < 4.78 is 0. The van der Waals surface area contributed by atoms with Crippen LogP contribution in [0.3, 0.4) is 0 Å². The Balaban J connectivity index is 0.00000231. The molecular formula is C29H24ClN. The molecule has 5 aromatic rings. The first kappa shape index (κ1) is 20.8. The third-order valence-corrected chi connectivity index (χ3v) is 5.96. The molecule has 0 saturated heterocycles. The summed E-state index contributed by atoms with van der Waals surface area (Å²) in [6, 6.07) is 36.0. The highest BCUT2D eigenvalue weighted by molar-refractivity contribution is 6.18. The lowest BCUT2D eigenvalue weighted by molar-refractivity contribution is 1.20. The standard InChI is InChI=1S/C29H23N.ClH/c1-20-17-18-28(27-16-7-6-13-24(20)27)29(30)26-15-5-3-10-23(26)19-22-12-8-11-21-9-2-4-14-25(21)22;/h2-18,30H,19H2,1H3;1H. The molecule has 0 unspecified atom stereocenters. The molecule has 0 saturated carbocycles. The van der Waals surface area contributed by atoms with Crippen molar-refractivity contribution in [2.75, 3.05) is 0 Å². The lowest BCUT2D eigenvalue weighted by atomic mass is 9.89. The van der Waals surface area contributed by atoms with Crippen LogP contribution in [0.15, 0.2) is 103 Å². The van der Waals surface area contributed by atoms with Gasteiger partial charge in [0.2, 0.25) is 0 Å². The minimum absolute atomic E-state index is 0. The Morgan fingerprint density at radius 3 is 2.03 bits per heavy atom. The summed E-state index contributed by atoms with van der Waals surface area (Å²) in [5.74, 6) is 0. The molecule has 2 heteroatoms. The second kappa shape index (κ2) is 8.75. The number of rotatable bonds is 4. The smallest absolute Gasteiger partial charge is 0.0693 e. The van der Waals surface area contributed by atoms with Crippen LogP contribution < -0.4 is 0 Å². The minimum Gasteiger partial charge on any atom is -0.300 e. The molecule has 152 valence electrons. The van der Waals surface area contributed by atoms with Gasteiger partial charge in [0.15, 0.2) is 0 Å². The van der Waals surface area contributed by atoms with Crippen LogP contribution in [0, 0.1) is 12.3 Å². The summed E-state index contributed by atoms with van der Waals surface area (Å²) in [6.45, 7) is 2.13. The molecule has 0 aliphatic heterocycles. The third kappa shape index (κ3) is 3.85. The number of hydrogen-bond acceptors (Lipinski definition) is 1. The van der Waals surface area contributed by atoms with Crippen LogP contribution in [-0.2, 0) is 6.42 Å². The Hall–Kier alpha value is -3.42. The second-order valence-electron chi connectivity index (χ2n) is 7.82. The van der Waals surface area contributed by atoms with Crippen molar-refractivity contribution in [3.63, 3.8) is 0 Å². The van der Waals surface area contributed by atoms with Crippen LogP contribution in [0.2, 0.25) is 0 Å². The summed E-state index contributed by atoms with van der Waals surface area (Å²) in [7, 11) is 0. The van der Waals surface area contributed by atoms with Gasteiger partial charge in [0.05, 0.1) is 5.71 Å². The molecule has 31 heavy (non-hydrogen) atoms. The van der Waals surface area contributed by atoms with Gasteiger partial charge in [0.1, 0.15) is 0 Å². The van der Waals surface area contributed by atoms with E-state index in [0.717, 1.165) is 22.9 Å². The molecule has 1 N–H and O–H groups in total. The molecule has 0 spiro atoms. The van der Waals surface area contributed by atoms with E-state index in [1.165, 1.54) is 32.8 Å². The summed E-state index contributed by atoms with van der Waals surface area (Å²) >= 11 is 0. The van der Waals surface area contributed by atoms with E-state index in [1.54, 1.807) is 0 Å². The number of hydrogen-bond donors (Lipinski definition) is 1. The fraction of sp³-hybridized carbons (Fsp3) is 0.0690. The van der Waals surface area contributed by atoms with Crippen molar-refractivity contribution in [3.05, 3.63) is 131 Å². The van der Waals surface area contributed by atoms with E-state index in [-0.39, 0.29) is 12.4 Å². The maximum Gasteiger partial charge on any atom is 0.0693 e. The topological polar surface area (TPSA) is 23.9 Å². The first-order valence-electron chi connectivity index (χ1n) is 10.3. The quantitative estimate of drug-likeness (QED) is 0.287. The van der Waals surface area contributed by atoms with E-state index < -0.39 is 0 Å². The Morgan fingerprint density at radius 2 is 1.19 bits per heavy atom. The van der Waals surface area contributed by atoms with Crippen LogP contribution in [-0.4, -0.2) is 5.71 Å². The molecule has 0 atom stereocenters. The summed E-state index contributed by atoms with van der Waals surface area (Å²) in [5, 5.41) is 14.0. The number of aryl methyl sites for hydroxylation is 1. The molecular weight excluding hydrogens is 398 g/mol. The first-order valence-corrected chi connectivity index (χ1v) is 10.3. The van der Waals surface area contributed by atoms with E-state index >= 15 is 0 Å². The van der Waals surface area contributed by atoms with Crippen molar-refractivity contribution in [2.45, 2.75) is 13.3 Å². The molecule has 0 aliphatic rings. The Morgan fingerprint density at radius 1 is 0.581 bits per heavy atom. The Kier molecular flexibility index (Phi) is 5.88. The van der Waals surface area contributed by atoms with Gasteiger partial charge in [-0.05, 0) is 51.6 Å². The van der Waals surface area contributed by atoms with Crippen molar-refractivity contribution < 1.29 is 0 Å². The van der Waals surface area contributed by atoms with Crippen LogP contribution in [0.4, 0.5) is 0 Å². The van der Waals surface area contributed by atoms with E-state index in [1.807, 2.05) is 6.07 Å². The van der Waals surface area contributed by atoms with E-state index in [9.17, 15) is 0 Å².